The first-order valence-electron chi connectivity index (χ1n) is 5.96. The Labute approximate surface area is 87.6 Å². The summed E-state index contributed by atoms with van der Waals surface area (Å²) in [5.74, 6) is 0.712. The molecular formula is C12H23NO. The third-order valence-corrected chi connectivity index (χ3v) is 3.78. The lowest BCUT2D eigenvalue weighted by atomic mass is 9.74. The summed E-state index contributed by atoms with van der Waals surface area (Å²) < 4.78 is 5.99. The minimum Gasteiger partial charge on any atom is -0.372 e. The Morgan fingerprint density at radius 1 is 1.29 bits per heavy atom. The monoisotopic (exact) mass is 197 g/mol. The number of hydrogen-bond donors (Lipinski definition) is 0. The molecule has 1 spiro atoms. The van der Waals surface area contributed by atoms with Gasteiger partial charge in [-0.3, -0.25) is 4.90 Å². The lowest BCUT2D eigenvalue weighted by Gasteiger charge is -2.58. The minimum absolute atomic E-state index is 0.235. The van der Waals surface area contributed by atoms with E-state index in [0.717, 1.165) is 13.2 Å². The number of hydrogen-bond acceptors (Lipinski definition) is 2. The Bertz CT molecular complexity index is 206. The summed E-state index contributed by atoms with van der Waals surface area (Å²) in [5, 5.41) is 0. The molecule has 82 valence electrons. The molecule has 0 bridgehead atoms. The predicted octanol–water partition coefficient (Wildman–Crippen LogP) is 2.28. The predicted molar refractivity (Wildman–Crippen MR) is 58.4 cm³/mol. The zero-order valence-electron chi connectivity index (χ0n) is 9.92. The summed E-state index contributed by atoms with van der Waals surface area (Å²) in [7, 11) is 0. The van der Waals surface area contributed by atoms with Crippen molar-refractivity contribution in [2.24, 2.45) is 5.92 Å². The summed E-state index contributed by atoms with van der Waals surface area (Å²) in [6.45, 7) is 11.4. The highest BCUT2D eigenvalue weighted by molar-refractivity contribution is 5.10. The fraction of sp³-hybridized carbons (Fsp3) is 1.00. The Morgan fingerprint density at radius 2 is 2.00 bits per heavy atom. The van der Waals surface area contributed by atoms with Crippen LogP contribution < -0.4 is 0 Å². The third kappa shape index (κ3) is 1.40. The highest BCUT2D eigenvalue weighted by Crippen LogP contribution is 2.44. The summed E-state index contributed by atoms with van der Waals surface area (Å²) in [6.07, 6.45) is 2.54. The zero-order chi connectivity index (χ0) is 10.3. The van der Waals surface area contributed by atoms with Gasteiger partial charge in [0.05, 0.1) is 5.60 Å². The Balaban J connectivity index is 2.09. The smallest absolute Gasteiger partial charge is 0.0966 e. The normalized spacial score (nSPS) is 38.6. The molecule has 2 atom stereocenters. The van der Waals surface area contributed by atoms with E-state index in [-0.39, 0.29) is 5.60 Å². The third-order valence-electron chi connectivity index (χ3n) is 3.78. The summed E-state index contributed by atoms with van der Waals surface area (Å²) in [5.41, 5.74) is 0.235. The van der Waals surface area contributed by atoms with Gasteiger partial charge in [0.2, 0.25) is 0 Å². The van der Waals surface area contributed by atoms with Crippen molar-refractivity contribution in [3.63, 3.8) is 0 Å². The van der Waals surface area contributed by atoms with E-state index < -0.39 is 0 Å². The van der Waals surface area contributed by atoms with Crippen LogP contribution in [0.5, 0.6) is 0 Å². The maximum Gasteiger partial charge on any atom is 0.0966 e. The Hall–Kier alpha value is -0.0800. The van der Waals surface area contributed by atoms with E-state index in [1.807, 2.05) is 0 Å². The van der Waals surface area contributed by atoms with Gasteiger partial charge in [0.25, 0.3) is 0 Å². The van der Waals surface area contributed by atoms with Crippen molar-refractivity contribution in [3.8, 4) is 0 Å². The van der Waals surface area contributed by atoms with Gasteiger partial charge in [0, 0.05) is 25.2 Å². The molecule has 0 radical (unpaired) electrons. The summed E-state index contributed by atoms with van der Waals surface area (Å²) in [6, 6.07) is 1.32. The quantitative estimate of drug-likeness (QED) is 0.673. The molecule has 0 aromatic carbocycles. The molecule has 2 heterocycles. The highest BCUT2D eigenvalue weighted by Gasteiger charge is 2.56. The maximum atomic E-state index is 5.99. The van der Waals surface area contributed by atoms with Crippen LogP contribution in [0, 0.1) is 5.92 Å². The lowest BCUT2D eigenvalue weighted by molar-refractivity contribution is -0.186. The molecular weight excluding hydrogens is 174 g/mol. The Morgan fingerprint density at radius 3 is 2.43 bits per heavy atom. The molecule has 0 aromatic heterocycles. The molecule has 0 saturated carbocycles. The molecule has 2 aliphatic rings. The molecule has 2 heteroatoms. The van der Waals surface area contributed by atoms with Gasteiger partial charge in [0.15, 0.2) is 0 Å². The van der Waals surface area contributed by atoms with Crippen molar-refractivity contribution in [2.75, 3.05) is 13.2 Å². The second-order valence-electron chi connectivity index (χ2n) is 5.47. The van der Waals surface area contributed by atoms with E-state index in [0.29, 0.717) is 18.0 Å². The van der Waals surface area contributed by atoms with Gasteiger partial charge in [-0.15, -0.1) is 0 Å². The van der Waals surface area contributed by atoms with E-state index in [9.17, 15) is 0 Å². The summed E-state index contributed by atoms with van der Waals surface area (Å²) >= 11 is 0. The topological polar surface area (TPSA) is 12.5 Å². The molecule has 2 nitrogen and oxygen atoms in total. The average molecular weight is 197 g/mol. The van der Waals surface area contributed by atoms with Crippen LogP contribution in [-0.4, -0.2) is 35.7 Å². The van der Waals surface area contributed by atoms with E-state index in [1.165, 1.54) is 12.8 Å². The van der Waals surface area contributed by atoms with Crippen molar-refractivity contribution >= 4 is 0 Å². The maximum absolute atomic E-state index is 5.99. The Kier molecular flexibility index (Phi) is 2.61. The standard InChI is InChI=1S/C12H23NO/c1-9(2)11-12(6-5-7-14-12)8-13(11)10(3)4/h9-11H,5-8H2,1-4H3. The van der Waals surface area contributed by atoms with Crippen LogP contribution >= 0.6 is 0 Å². The van der Waals surface area contributed by atoms with Crippen LogP contribution in [-0.2, 0) is 4.74 Å². The highest BCUT2D eigenvalue weighted by atomic mass is 16.5. The van der Waals surface area contributed by atoms with E-state index in [2.05, 4.69) is 32.6 Å². The second-order valence-corrected chi connectivity index (χ2v) is 5.47. The van der Waals surface area contributed by atoms with Crippen LogP contribution in [0.1, 0.15) is 40.5 Å². The molecule has 14 heavy (non-hydrogen) atoms. The molecule has 0 N–H and O–H groups in total. The summed E-state index contributed by atoms with van der Waals surface area (Å²) in [4.78, 5) is 2.59. The van der Waals surface area contributed by atoms with Gasteiger partial charge < -0.3 is 4.74 Å². The van der Waals surface area contributed by atoms with Crippen LogP contribution in [0.15, 0.2) is 0 Å². The van der Waals surface area contributed by atoms with Crippen molar-refractivity contribution in [2.45, 2.75) is 58.2 Å². The number of ether oxygens (including phenoxy) is 1. The zero-order valence-corrected chi connectivity index (χ0v) is 9.92. The first-order valence-corrected chi connectivity index (χ1v) is 5.96. The van der Waals surface area contributed by atoms with Gasteiger partial charge >= 0.3 is 0 Å². The molecule has 2 unspecified atom stereocenters. The van der Waals surface area contributed by atoms with Crippen LogP contribution in [0.3, 0.4) is 0 Å². The van der Waals surface area contributed by atoms with Gasteiger partial charge in [-0.25, -0.2) is 0 Å². The van der Waals surface area contributed by atoms with Crippen molar-refractivity contribution in [1.82, 2.24) is 4.90 Å². The van der Waals surface area contributed by atoms with Gasteiger partial charge in [0.1, 0.15) is 0 Å². The van der Waals surface area contributed by atoms with Gasteiger partial charge in [-0.05, 0) is 32.6 Å². The number of nitrogens with zero attached hydrogens (tertiary/aromatic N) is 1. The molecule has 2 saturated heterocycles. The van der Waals surface area contributed by atoms with Crippen molar-refractivity contribution < 1.29 is 4.74 Å². The molecule has 0 aliphatic carbocycles. The molecule has 0 amide bonds. The molecule has 2 fully saturated rings. The van der Waals surface area contributed by atoms with Crippen molar-refractivity contribution in [3.05, 3.63) is 0 Å². The minimum atomic E-state index is 0.235. The van der Waals surface area contributed by atoms with Crippen LogP contribution in [0.25, 0.3) is 0 Å². The number of likely N-dealkylation sites (tertiary alicyclic amines) is 1. The van der Waals surface area contributed by atoms with Crippen LogP contribution in [0.2, 0.25) is 0 Å². The first-order chi connectivity index (χ1) is 6.57. The van der Waals surface area contributed by atoms with E-state index in [4.69, 9.17) is 4.74 Å². The molecule has 2 aliphatic heterocycles. The fourth-order valence-electron chi connectivity index (χ4n) is 3.26. The first kappa shape index (κ1) is 10.4. The lowest BCUT2D eigenvalue weighted by Crippen LogP contribution is -2.72. The van der Waals surface area contributed by atoms with Gasteiger partial charge in [-0.1, -0.05) is 13.8 Å². The fourth-order valence-corrected chi connectivity index (χ4v) is 3.26. The second kappa shape index (κ2) is 3.49. The molecule has 2 rings (SSSR count). The SMILES string of the molecule is CC(C)C1N(C(C)C)CC12CCCO2. The van der Waals surface area contributed by atoms with Crippen molar-refractivity contribution in [1.29, 1.82) is 0 Å². The van der Waals surface area contributed by atoms with Gasteiger partial charge in [-0.2, -0.15) is 0 Å². The average Bonchev–Trinajstić information content (AvgIpc) is 2.47. The molecule has 0 aromatic rings. The van der Waals surface area contributed by atoms with Crippen LogP contribution in [0.4, 0.5) is 0 Å². The largest absolute Gasteiger partial charge is 0.372 e. The van der Waals surface area contributed by atoms with E-state index in [1.54, 1.807) is 0 Å². The van der Waals surface area contributed by atoms with E-state index >= 15 is 0 Å². The number of rotatable bonds is 2.